The largest absolute Gasteiger partial charge is 0.212 e. The van der Waals surface area contributed by atoms with Crippen molar-refractivity contribution in [2.75, 3.05) is 0 Å². The average Bonchev–Trinajstić information content (AvgIpc) is 2.41. The van der Waals surface area contributed by atoms with Crippen molar-refractivity contribution in [1.29, 1.82) is 0 Å². The maximum atomic E-state index is 2.43. The van der Waals surface area contributed by atoms with Gasteiger partial charge in [0.25, 0.3) is 0 Å². The Hall–Kier alpha value is -1.63. The molecule has 0 aliphatic heterocycles. The molecule has 0 radical (unpaired) electrons. The zero-order chi connectivity index (χ0) is 17.1. The molecule has 0 N–H and O–H groups in total. The van der Waals surface area contributed by atoms with Crippen LogP contribution < -0.4 is 4.57 Å². The van der Waals surface area contributed by atoms with E-state index in [-0.39, 0.29) is 0 Å². The Labute approximate surface area is 142 Å². The summed E-state index contributed by atoms with van der Waals surface area (Å²) in [4.78, 5) is 0. The Bertz CT molecular complexity index is 681. The van der Waals surface area contributed by atoms with Crippen molar-refractivity contribution in [3.05, 3.63) is 52.7 Å². The molecule has 0 amide bonds. The van der Waals surface area contributed by atoms with Crippen molar-refractivity contribution >= 4 is 0 Å². The summed E-state index contributed by atoms with van der Waals surface area (Å²) in [6, 6.07) is 9.18. The van der Waals surface area contributed by atoms with Crippen molar-refractivity contribution in [2.24, 2.45) is 18.9 Å². The summed E-state index contributed by atoms with van der Waals surface area (Å²) < 4.78 is 2.30. The van der Waals surface area contributed by atoms with Crippen LogP contribution in [0.5, 0.6) is 0 Å². The smallest absolute Gasteiger partial charge is 0.201 e. The number of aromatic nitrogens is 1. The van der Waals surface area contributed by atoms with Crippen LogP contribution in [0.4, 0.5) is 0 Å². The topological polar surface area (TPSA) is 3.88 Å². The predicted octanol–water partition coefficient (Wildman–Crippen LogP) is 5.19. The Kier molecular flexibility index (Phi) is 5.62. The molecule has 2 rings (SSSR count). The summed E-state index contributed by atoms with van der Waals surface area (Å²) in [5, 5.41) is 0. The molecule has 124 valence electrons. The fraction of sp³-hybridized carbons (Fsp3) is 0.500. The number of hydrogen-bond donors (Lipinski definition) is 0. The molecule has 0 saturated carbocycles. The Morgan fingerprint density at radius 3 is 2.04 bits per heavy atom. The molecule has 0 fully saturated rings. The first-order valence-corrected chi connectivity index (χ1v) is 8.87. The van der Waals surface area contributed by atoms with Crippen LogP contribution in [0.3, 0.4) is 0 Å². The molecular weight excluding hydrogens is 278 g/mol. The Morgan fingerprint density at radius 1 is 0.870 bits per heavy atom. The van der Waals surface area contributed by atoms with Crippen LogP contribution >= 0.6 is 0 Å². The van der Waals surface area contributed by atoms with Crippen LogP contribution in [0.1, 0.15) is 49.9 Å². The van der Waals surface area contributed by atoms with Crippen molar-refractivity contribution < 1.29 is 4.57 Å². The molecule has 0 bridgehead atoms. The Morgan fingerprint density at radius 2 is 1.48 bits per heavy atom. The van der Waals surface area contributed by atoms with Gasteiger partial charge in [-0.25, -0.2) is 4.57 Å². The molecule has 1 heteroatoms. The summed E-state index contributed by atoms with van der Waals surface area (Å²) in [5.41, 5.74) is 8.37. The molecule has 0 saturated heterocycles. The summed E-state index contributed by atoms with van der Waals surface area (Å²) in [6.45, 7) is 13.6. The minimum absolute atomic E-state index is 0.681. The molecule has 0 aliphatic carbocycles. The molecule has 23 heavy (non-hydrogen) atoms. The maximum Gasteiger partial charge on any atom is 0.212 e. The Balaban J connectivity index is 2.56. The minimum atomic E-state index is 0.681. The van der Waals surface area contributed by atoms with Gasteiger partial charge in [0.15, 0.2) is 6.20 Å². The van der Waals surface area contributed by atoms with Crippen molar-refractivity contribution in [3.8, 4) is 11.3 Å². The highest BCUT2D eigenvalue weighted by atomic mass is 14.9. The van der Waals surface area contributed by atoms with Gasteiger partial charge in [0.05, 0.1) is 0 Å². The van der Waals surface area contributed by atoms with E-state index in [0.717, 1.165) is 12.8 Å². The molecule has 1 aromatic heterocycles. The van der Waals surface area contributed by atoms with Gasteiger partial charge in [0, 0.05) is 17.2 Å². The second-order valence-corrected chi connectivity index (χ2v) is 7.83. The van der Waals surface area contributed by atoms with E-state index in [2.05, 4.69) is 83.6 Å². The van der Waals surface area contributed by atoms with E-state index in [9.17, 15) is 0 Å². The molecule has 0 atom stereocenters. The first-order valence-electron chi connectivity index (χ1n) is 8.87. The van der Waals surface area contributed by atoms with Crippen LogP contribution in [0.15, 0.2) is 30.5 Å². The van der Waals surface area contributed by atoms with E-state index < -0.39 is 0 Å². The summed E-state index contributed by atoms with van der Waals surface area (Å²) >= 11 is 0. The van der Waals surface area contributed by atoms with Gasteiger partial charge in [-0.1, -0.05) is 45.4 Å². The molecule has 1 aromatic carbocycles. The fourth-order valence-electron chi connectivity index (χ4n) is 3.37. The van der Waals surface area contributed by atoms with E-state index in [1.54, 1.807) is 0 Å². The van der Waals surface area contributed by atoms with E-state index in [1.165, 1.54) is 33.5 Å². The third-order valence-electron chi connectivity index (χ3n) is 4.37. The van der Waals surface area contributed by atoms with Crippen LogP contribution in [0.25, 0.3) is 11.3 Å². The fourth-order valence-corrected chi connectivity index (χ4v) is 3.37. The van der Waals surface area contributed by atoms with Gasteiger partial charge in [-0.05, 0) is 55.7 Å². The van der Waals surface area contributed by atoms with E-state index in [4.69, 9.17) is 0 Å². The number of benzene rings is 1. The highest BCUT2D eigenvalue weighted by Crippen LogP contribution is 2.25. The molecule has 1 heterocycles. The van der Waals surface area contributed by atoms with Crippen molar-refractivity contribution in [2.45, 2.75) is 54.4 Å². The molecule has 0 spiro atoms. The van der Waals surface area contributed by atoms with Crippen LogP contribution in [-0.4, -0.2) is 0 Å². The first-order chi connectivity index (χ1) is 10.8. The third kappa shape index (κ3) is 4.43. The molecular formula is C22H32N+. The van der Waals surface area contributed by atoms with Crippen molar-refractivity contribution in [3.63, 3.8) is 0 Å². The highest BCUT2D eigenvalue weighted by Gasteiger charge is 2.18. The predicted molar refractivity (Wildman–Crippen MR) is 99.6 cm³/mol. The molecule has 0 unspecified atom stereocenters. The third-order valence-corrected chi connectivity index (χ3v) is 4.37. The van der Waals surface area contributed by atoms with Crippen LogP contribution in [-0.2, 0) is 19.9 Å². The van der Waals surface area contributed by atoms with Gasteiger partial charge < -0.3 is 0 Å². The lowest BCUT2D eigenvalue weighted by atomic mass is 9.92. The van der Waals surface area contributed by atoms with E-state index in [1.807, 2.05) is 0 Å². The number of aryl methyl sites for hydroxylation is 3. The quantitative estimate of drug-likeness (QED) is 0.669. The van der Waals surface area contributed by atoms with E-state index in [0.29, 0.717) is 11.8 Å². The number of hydrogen-bond acceptors (Lipinski definition) is 0. The monoisotopic (exact) mass is 310 g/mol. The first kappa shape index (κ1) is 17.7. The van der Waals surface area contributed by atoms with Gasteiger partial charge in [-0.3, -0.25) is 0 Å². The second-order valence-electron chi connectivity index (χ2n) is 7.83. The van der Waals surface area contributed by atoms with E-state index >= 15 is 0 Å². The average molecular weight is 311 g/mol. The van der Waals surface area contributed by atoms with Crippen LogP contribution in [0, 0.1) is 25.7 Å². The lowest BCUT2D eigenvalue weighted by Gasteiger charge is -2.15. The molecule has 2 aromatic rings. The van der Waals surface area contributed by atoms with Gasteiger partial charge in [0.1, 0.15) is 7.05 Å². The SMILES string of the molecule is Cc1ccc(-c2cc(CC(C)C)c(CC(C)C)c[n+]2C)c(C)c1. The summed E-state index contributed by atoms with van der Waals surface area (Å²) in [7, 11) is 2.18. The summed E-state index contributed by atoms with van der Waals surface area (Å²) in [6.07, 6.45) is 4.66. The van der Waals surface area contributed by atoms with Crippen LogP contribution in [0.2, 0.25) is 0 Å². The van der Waals surface area contributed by atoms with Gasteiger partial charge >= 0.3 is 0 Å². The lowest BCUT2D eigenvalue weighted by Crippen LogP contribution is -2.32. The van der Waals surface area contributed by atoms with Gasteiger partial charge in [-0.15, -0.1) is 0 Å². The molecule has 1 nitrogen and oxygen atoms in total. The van der Waals surface area contributed by atoms with Gasteiger partial charge in [-0.2, -0.15) is 0 Å². The number of pyridine rings is 1. The van der Waals surface area contributed by atoms with Gasteiger partial charge in [0.2, 0.25) is 5.69 Å². The highest BCUT2D eigenvalue weighted by molar-refractivity contribution is 5.62. The minimum Gasteiger partial charge on any atom is -0.201 e. The second kappa shape index (κ2) is 7.29. The zero-order valence-corrected chi connectivity index (χ0v) is 15.9. The standard InChI is InChI=1S/C22H32N/c1-15(2)10-19-13-22(21-9-8-17(5)12-18(21)6)23(7)14-20(19)11-16(3)4/h8-9,12-16H,10-11H2,1-7H3/q+1. The number of rotatable bonds is 5. The number of nitrogens with zero attached hydrogens (tertiary/aromatic N) is 1. The van der Waals surface area contributed by atoms with Crippen molar-refractivity contribution in [1.82, 2.24) is 0 Å². The maximum absolute atomic E-state index is 2.43. The zero-order valence-electron chi connectivity index (χ0n) is 15.9. The molecule has 0 aliphatic rings. The summed E-state index contributed by atoms with van der Waals surface area (Å²) in [5.74, 6) is 1.37. The lowest BCUT2D eigenvalue weighted by molar-refractivity contribution is -0.660. The normalized spacial score (nSPS) is 11.5.